The van der Waals surface area contributed by atoms with E-state index in [1.807, 2.05) is 12.1 Å². The summed E-state index contributed by atoms with van der Waals surface area (Å²) in [5.41, 5.74) is 1.18. The molecule has 0 unspecified atom stereocenters. The highest BCUT2D eigenvalue weighted by atomic mass is 32.2. The molecule has 1 heterocycles. The number of ether oxygens (including phenoxy) is 1. The fourth-order valence-electron chi connectivity index (χ4n) is 4.25. The van der Waals surface area contributed by atoms with Crippen molar-refractivity contribution in [1.82, 2.24) is 4.72 Å². The Kier molecular flexibility index (Phi) is 6.15. The third kappa shape index (κ3) is 4.42. The zero-order valence-electron chi connectivity index (χ0n) is 15.2. The number of rotatable bonds is 6. The predicted molar refractivity (Wildman–Crippen MR) is 98.3 cm³/mol. The second-order valence-corrected chi connectivity index (χ2v) is 9.15. The summed E-state index contributed by atoms with van der Waals surface area (Å²) in [5, 5.41) is 0. The van der Waals surface area contributed by atoms with Gasteiger partial charge in [-0.3, -0.25) is 0 Å². The molecule has 6 heteroatoms. The molecule has 2 fully saturated rings. The van der Waals surface area contributed by atoms with Crippen molar-refractivity contribution in [2.75, 3.05) is 32.8 Å². The molecule has 5 nitrogen and oxygen atoms in total. The molecule has 0 bridgehead atoms. The number of hydrogen-bond acceptors (Lipinski definition) is 3. The van der Waals surface area contributed by atoms with E-state index in [-0.39, 0.29) is 5.54 Å². The molecule has 2 aliphatic rings. The summed E-state index contributed by atoms with van der Waals surface area (Å²) in [4.78, 5) is 1.88. The minimum atomic E-state index is -3.46. The quantitative estimate of drug-likeness (QED) is 0.793. The van der Waals surface area contributed by atoms with Crippen LogP contribution in [0.5, 0.6) is 0 Å². The van der Waals surface area contributed by atoms with E-state index >= 15 is 0 Å². The average molecular weight is 368 g/mol. The highest BCUT2D eigenvalue weighted by Crippen LogP contribution is 2.26. The van der Waals surface area contributed by atoms with E-state index in [1.165, 1.54) is 24.2 Å². The molecule has 3 rings (SSSR count). The van der Waals surface area contributed by atoms with Crippen LogP contribution in [0.1, 0.15) is 44.6 Å². The van der Waals surface area contributed by atoms with Crippen LogP contribution in [0.4, 0.5) is 0 Å². The Morgan fingerprint density at radius 2 is 1.72 bits per heavy atom. The number of hydrogen-bond donors (Lipinski definition) is 2. The first kappa shape index (κ1) is 18.8. The lowest BCUT2D eigenvalue weighted by Crippen LogP contribution is -3.23. The Hall–Kier alpha value is -0.950. The van der Waals surface area contributed by atoms with Gasteiger partial charge in [0.1, 0.15) is 18.6 Å². The average Bonchev–Trinajstić information content (AvgIpc) is 2.68. The first-order valence-electron chi connectivity index (χ1n) is 9.57. The van der Waals surface area contributed by atoms with Gasteiger partial charge in [0.25, 0.3) is 0 Å². The van der Waals surface area contributed by atoms with E-state index < -0.39 is 10.0 Å². The van der Waals surface area contributed by atoms with Gasteiger partial charge in [-0.05, 0) is 37.0 Å². The molecule has 25 heavy (non-hydrogen) atoms. The lowest BCUT2D eigenvalue weighted by Gasteiger charge is -2.44. The van der Waals surface area contributed by atoms with Crippen molar-refractivity contribution in [3.05, 3.63) is 29.8 Å². The fourth-order valence-corrected chi connectivity index (χ4v) is 5.38. The van der Waals surface area contributed by atoms with Gasteiger partial charge >= 0.3 is 0 Å². The Balaban J connectivity index is 1.73. The normalized spacial score (nSPS) is 22.0. The number of aryl methyl sites for hydroxylation is 1. The van der Waals surface area contributed by atoms with Crippen LogP contribution >= 0.6 is 0 Å². The Labute approximate surface area is 151 Å². The summed E-state index contributed by atoms with van der Waals surface area (Å²) >= 11 is 0. The molecule has 1 aliphatic heterocycles. The highest BCUT2D eigenvalue weighted by molar-refractivity contribution is 7.89. The van der Waals surface area contributed by atoms with Gasteiger partial charge in [0.05, 0.1) is 24.7 Å². The van der Waals surface area contributed by atoms with Crippen LogP contribution in [0.2, 0.25) is 0 Å². The van der Waals surface area contributed by atoms with Crippen molar-refractivity contribution in [3.8, 4) is 0 Å². The molecule has 0 radical (unpaired) electrons. The Bertz CT molecular complexity index is 646. The van der Waals surface area contributed by atoms with Crippen molar-refractivity contribution >= 4 is 10.0 Å². The number of benzene rings is 1. The summed E-state index contributed by atoms with van der Waals surface area (Å²) in [6.07, 6.45) is 6.75. The van der Waals surface area contributed by atoms with Gasteiger partial charge in [-0.15, -0.1) is 0 Å². The third-order valence-corrected chi connectivity index (χ3v) is 7.32. The molecule has 0 atom stereocenters. The van der Waals surface area contributed by atoms with Gasteiger partial charge in [-0.2, -0.15) is 0 Å². The fraction of sp³-hybridized carbons (Fsp3) is 0.684. The molecule has 0 aromatic heterocycles. The van der Waals surface area contributed by atoms with Gasteiger partial charge in [0, 0.05) is 12.8 Å². The molecular weight excluding hydrogens is 336 g/mol. The summed E-state index contributed by atoms with van der Waals surface area (Å²) in [7, 11) is -3.46. The molecule has 0 spiro atoms. The van der Waals surface area contributed by atoms with Crippen molar-refractivity contribution < 1.29 is 18.1 Å². The highest BCUT2D eigenvalue weighted by Gasteiger charge is 2.43. The van der Waals surface area contributed by atoms with E-state index in [4.69, 9.17) is 4.74 Å². The molecule has 140 valence electrons. The summed E-state index contributed by atoms with van der Waals surface area (Å²) in [6.45, 7) is 6.12. The van der Waals surface area contributed by atoms with Gasteiger partial charge in [-0.25, -0.2) is 13.1 Å². The van der Waals surface area contributed by atoms with E-state index in [2.05, 4.69) is 11.6 Å². The molecular formula is C19H31N2O3S+. The van der Waals surface area contributed by atoms with Crippen molar-refractivity contribution in [2.45, 2.75) is 55.9 Å². The Morgan fingerprint density at radius 1 is 1.08 bits per heavy atom. The van der Waals surface area contributed by atoms with Crippen molar-refractivity contribution in [2.24, 2.45) is 0 Å². The van der Waals surface area contributed by atoms with Gasteiger partial charge in [-0.1, -0.05) is 25.5 Å². The van der Waals surface area contributed by atoms with E-state index in [0.29, 0.717) is 11.4 Å². The first-order chi connectivity index (χ1) is 12.1. The third-order valence-electron chi connectivity index (χ3n) is 5.90. The predicted octanol–water partition coefficient (Wildman–Crippen LogP) is 1.15. The van der Waals surface area contributed by atoms with E-state index in [0.717, 1.165) is 51.1 Å². The minimum Gasteiger partial charge on any atom is -0.370 e. The maximum Gasteiger partial charge on any atom is 0.240 e. The summed E-state index contributed by atoms with van der Waals surface area (Å²) in [5.74, 6) is 0. The summed E-state index contributed by atoms with van der Waals surface area (Å²) in [6, 6.07) is 7.24. The van der Waals surface area contributed by atoms with Crippen LogP contribution in [0.3, 0.4) is 0 Å². The van der Waals surface area contributed by atoms with Crippen molar-refractivity contribution in [1.29, 1.82) is 0 Å². The maximum absolute atomic E-state index is 12.8. The van der Waals surface area contributed by atoms with E-state index in [9.17, 15) is 8.42 Å². The largest absolute Gasteiger partial charge is 0.370 e. The smallest absolute Gasteiger partial charge is 0.240 e. The van der Waals surface area contributed by atoms with Gasteiger partial charge in [0.2, 0.25) is 10.0 Å². The van der Waals surface area contributed by atoms with E-state index in [1.54, 1.807) is 12.1 Å². The topological polar surface area (TPSA) is 59.8 Å². The van der Waals surface area contributed by atoms with Crippen LogP contribution in [-0.4, -0.2) is 46.8 Å². The van der Waals surface area contributed by atoms with Crippen LogP contribution in [0.15, 0.2) is 29.2 Å². The zero-order valence-corrected chi connectivity index (χ0v) is 16.0. The second-order valence-electron chi connectivity index (χ2n) is 7.38. The molecule has 1 saturated carbocycles. The number of morpholine rings is 1. The van der Waals surface area contributed by atoms with Crippen LogP contribution < -0.4 is 9.62 Å². The number of quaternary nitrogens is 1. The molecule has 1 aromatic carbocycles. The number of nitrogens with one attached hydrogen (secondary N) is 2. The SMILES string of the molecule is CCc1ccc(S(=O)(=O)NCC2([NH+]3CCOCC3)CCCCC2)cc1. The standard InChI is InChI=1S/C19H30N2O3S/c1-2-17-6-8-18(9-7-17)25(22,23)20-16-19(10-4-3-5-11-19)21-12-14-24-15-13-21/h6-9,20H,2-5,10-16H2,1H3/p+1. The molecule has 0 amide bonds. The monoisotopic (exact) mass is 367 g/mol. The zero-order chi connectivity index (χ0) is 17.8. The van der Waals surface area contributed by atoms with Crippen LogP contribution in [-0.2, 0) is 21.2 Å². The summed E-state index contributed by atoms with van der Waals surface area (Å²) < 4.78 is 34.0. The number of sulfonamides is 1. The lowest BCUT2D eigenvalue weighted by atomic mass is 9.80. The van der Waals surface area contributed by atoms with Crippen LogP contribution in [0, 0.1) is 0 Å². The molecule has 1 aliphatic carbocycles. The Morgan fingerprint density at radius 3 is 2.32 bits per heavy atom. The molecule has 1 saturated heterocycles. The first-order valence-corrected chi connectivity index (χ1v) is 11.1. The lowest BCUT2D eigenvalue weighted by molar-refractivity contribution is -0.960. The second kappa shape index (κ2) is 8.16. The van der Waals surface area contributed by atoms with Crippen LogP contribution in [0.25, 0.3) is 0 Å². The minimum absolute atomic E-state index is 0.0262. The maximum atomic E-state index is 12.8. The van der Waals surface area contributed by atoms with Gasteiger partial charge < -0.3 is 9.64 Å². The molecule has 2 N–H and O–H groups in total. The van der Waals surface area contributed by atoms with Gasteiger partial charge in [0.15, 0.2) is 0 Å². The van der Waals surface area contributed by atoms with Crippen molar-refractivity contribution in [3.63, 3.8) is 0 Å². The molecule has 1 aromatic rings.